The Bertz CT molecular complexity index is 372. The highest BCUT2D eigenvalue weighted by Gasteiger charge is 2.04. The lowest BCUT2D eigenvalue weighted by atomic mass is 10.5. The van der Waals surface area contributed by atoms with E-state index in [9.17, 15) is 0 Å². The van der Waals surface area contributed by atoms with Crippen LogP contribution in [0, 0.1) is 0 Å². The summed E-state index contributed by atoms with van der Waals surface area (Å²) in [4.78, 5) is 4.90. The zero-order valence-corrected chi connectivity index (χ0v) is 6.10. The van der Waals surface area contributed by atoms with Crippen molar-refractivity contribution in [3.8, 4) is 0 Å². The van der Waals surface area contributed by atoms with Crippen LogP contribution in [-0.2, 0) is 0 Å². The van der Waals surface area contributed by atoms with E-state index in [4.69, 9.17) is 16.8 Å². The maximum atomic E-state index is 8.08. The molecule has 1 aromatic rings. The van der Waals surface area contributed by atoms with Crippen LogP contribution in [0.15, 0.2) is 10.2 Å². The SMILES string of the molecule is [N-]=[N+]=Nc1nnnc(N=[N+]=[N-])c1N. The van der Waals surface area contributed by atoms with Crippen LogP contribution >= 0.6 is 0 Å². The van der Waals surface area contributed by atoms with Gasteiger partial charge in [0.15, 0.2) is 11.6 Å². The molecule has 1 rings (SSSR count). The van der Waals surface area contributed by atoms with E-state index in [0.717, 1.165) is 0 Å². The molecule has 0 aliphatic heterocycles. The summed E-state index contributed by atoms with van der Waals surface area (Å²) in [6.45, 7) is 0. The van der Waals surface area contributed by atoms with Crippen molar-refractivity contribution in [1.29, 1.82) is 0 Å². The molecule has 10 nitrogen and oxygen atoms in total. The smallest absolute Gasteiger partial charge is 0.176 e. The highest BCUT2D eigenvalue weighted by Crippen LogP contribution is 2.26. The third-order valence-corrected chi connectivity index (χ3v) is 1.04. The van der Waals surface area contributed by atoms with Gasteiger partial charge in [-0.05, 0) is 26.5 Å². The predicted octanol–water partition coefficient (Wildman–Crippen LogP) is 1.34. The summed E-state index contributed by atoms with van der Waals surface area (Å²) in [6, 6.07) is 0. The number of hydrogen-bond acceptors (Lipinski definition) is 6. The van der Waals surface area contributed by atoms with Crippen LogP contribution in [0.25, 0.3) is 20.9 Å². The molecule has 0 saturated heterocycles. The molecular formula is C3H2N10. The van der Waals surface area contributed by atoms with Crippen molar-refractivity contribution >= 4 is 17.3 Å². The fourth-order valence-corrected chi connectivity index (χ4v) is 0.547. The third-order valence-electron chi connectivity index (χ3n) is 1.04. The maximum Gasteiger partial charge on any atom is 0.176 e. The fraction of sp³-hybridized carbons (Fsp3) is 0. The number of azide groups is 2. The van der Waals surface area contributed by atoms with Crippen molar-refractivity contribution in [2.24, 2.45) is 10.2 Å². The van der Waals surface area contributed by atoms with Crippen LogP contribution < -0.4 is 5.73 Å². The summed E-state index contributed by atoms with van der Waals surface area (Å²) in [5.41, 5.74) is 21.4. The van der Waals surface area contributed by atoms with E-state index in [1.54, 1.807) is 0 Å². The van der Waals surface area contributed by atoms with E-state index in [1.165, 1.54) is 0 Å². The summed E-state index contributed by atoms with van der Waals surface area (Å²) in [5.74, 6) is -0.334. The van der Waals surface area contributed by atoms with Gasteiger partial charge in [-0.25, -0.2) is 0 Å². The Balaban J connectivity index is 3.33. The van der Waals surface area contributed by atoms with E-state index in [2.05, 4.69) is 35.5 Å². The molecule has 1 aromatic heterocycles. The minimum absolute atomic E-state index is 0.106. The van der Waals surface area contributed by atoms with Crippen LogP contribution in [0.4, 0.5) is 17.3 Å². The average molecular weight is 178 g/mol. The Morgan fingerprint density at radius 1 is 1.08 bits per heavy atom. The molecular weight excluding hydrogens is 176 g/mol. The van der Waals surface area contributed by atoms with Gasteiger partial charge >= 0.3 is 0 Å². The zero-order chi connectivity index (χ0) is 9.68. The van der Waals surface area contributed by atoms with Gasteiger partial charge in [0, 0.05) is 9.82 Å². The van der Waals surface area contributed by atoms with Crippen LogP contribution in [-0.4, -0.2) is 15.4 Å². The zero-order valence-electron chi connectivity index (χ0n) is 6.10. The molecule has 0 spiro atoms. The molecule has 0 aliphatic carbocycles. The van der Waals surface area contributed by atoms with Crippen molar-refractivity contribution in [1.82, 2.24) is 15.4 Å². The molecule has 10 heteroatoms. The Kier molecular flexibility index (Phi) is 2.44. The largest absolute Gasteiger partial charge is 0.395 e. The second-order valence-corrected chi connectivity index (χ2v) is 1.73. The highest BCUT2D eigenvalue weighted by molar-refractivity contribution is 5.68. The number of aromatic nitrogens is 3. The lowest BCUT2D eigenvalue weighted by Gasteiger charge is -1.96. The van der Waals surface area contributed by atoms with E-state index in [0.29, 0.717) is 0 Å². The fourth-order valence-electron chi connectivity index (χ4n) is 0.547. The van der Waals surface area contributed by atoms with Gasteiger partial charge < -0.3 is 5.73 Å². The first kappa shape index (κ1) is 8.53. The number of rotatable bonds is 2. The van der Waals surface area contributed by atoms with Crippen LogP contribution in [0.5, 0.6) is 0 Å². The van der Waals surface area contributed by atoms with Crippen LogP contribution in [0.2, 0.25) is 0 Å². The minimum atomic E-state index is -0.167. The van der Waals surface area contributed by atoms with Crippen LogP contribution in [0.1, 0.15) is 0 Å². The van der Waals surface area contributed by atoms with Crippen molar-refractivity contribution in [3.05, 3.63) is 20.9 Å². The van der Waals surface area contributed by atoms with Gasteiger partial charge in [-0.2, -0.15) is 0 Å². The quantitative estimate of drug-likeness (QED) is 0.410. The monoisotopic (exact) mass is 178 g/mol. The minimum Gasteiger partial charge on any atom is -0.395 e. The van der Waals surface area contributed by atoms with Crippen molar-refractivity contribution < 1.29 is 0 Å². The molecule has 13 heavy (non-hydrogen) atoms. The van der Waals surface area contributed by atoms with Gasteiger partial charge in [0.2, 0.25) is 0 Å². The molecule has 0 bridgehead atoms. The van der Waals surface area contributed by atoms with Crippen molar-refractivity contribution in [2.75, 3.05) is 5.73 Å². The molecule has 0 aromatic carbocycles. The van der Waals surface area contributed by atoms with Gasteiger partial charge in [-0.1, -0.05) is 0 Å². The standard InChI is InChI=1S/C3H2N10/c4-1-2(7-11-5)9-13-10-3(1)8-12-6/h(H2,4,13). The lowest BCUT2D eigenvalue weighted by Crippen LogP contribution is -1.94. The summed E-state index contributed by atoms with van der Waals surface area (Å²) in [6.07, 6.45) is 0. The first-order valence-corrected chi connectivity index (χ1v) is 2.88. The Hall–Kier alpha value is -2.57. The Labute approximate surface area is 70.6 Å². The van der Waals surface area contributed by atoms with Gasteiger partial charge in [-0.15, -0.1) is 10.2 Å². The number of nitrogen functional groups attached to an aromatic ring is 1. The average Bonchev–Trinajstić information content (AvgIpc) is 2.13. The van der Waals surface area contributed by atoms with Gasteiger partial charge in [0.25, 0.3) is 0 Å². The summed E-state index contributed by atoms with van der Waals surface area (Å²) < 4.78 is 0. The molecule has 2 N–H and O–H groups in total. The van der Waals surface area contributed by atoms with E-state index in [1.807, 2.05) is 0 Å². The van der Waals surface area contributed by atoms with Gasteiger partial charge in [0.1, 0.15) is 0 Å². The summed E-state index contributed by atoms with van der Waals surface area (Å²) >= 11 is 0. The molecule has 0 unspecified atom stereocenters. The first-order chi connectivity index (χ1) is 6.29. The molecule has 0 radical (unpaired) electrons. The van der Waals surface area contributed by atoms with Crippen LogP contribution in [0.3, 0.4) is 0 Å². The normalized spacial score (nSPS) is 8.31. The number of nitrogens with zero attached hydrogens (tertiary/aromatic N) is 9. The second kappa shape index (κ2) is 3.72. The van der Waals surface area contributed by atoms with Crippen molar-refractivity contribution in [2.45, 2.75) is 0 Å². The third kappa shape index (κ3) is 1.71. The Morgan fingerprint density at radius 2 is 1.54 bits per heavy atom. The predicted molar refractivity (Wildman–Crippen MR) is 41.9 cm³/mol. The number of hydrogen-bond donors (Lipinski definition) is 1. The number of nitrogens with two attached hydrogens (primary N) is 1. The number of anilines is 1. The molecule has 0 saturated carbocycles. The van der Waals surface area contributed by atoms with E-state index < -0.39 is 0 Å². The van der Waals surface area contributed by atoms with E-state index in [-0.39, 0.29) is 17.3 Å². The maximum absolute atomic E-state index is 8.08. The molecule has 0 amide bonds. The second-order valence-electron chi connectivity index (χ2n) is 1.73. The van der Waals surface area contributed by atoms with Gasteiger partial charge in [0.05, 0.1) is 5.69 Å². The highest BCUT2D eigenvalue weighted by atomic mass is 15.4. The molecule has 64 valence electrons. The molecule has 0 atom stereocenters. The lowest BCUT2D eigenvalue weighted by molar-refractivity contribution is 0.866. The van der Waals surface area contributed by atoms with Crippen molar-refractivity contribution in [3.63, 3.8) is 0 Å². The Morgan fingerprint density at radius 3 is 1.92 bits per heavy atom. The summed E-state index contributed by atoms with van der Waals surface area (Å²) in [7, 11) is 0. The molecule has 0 fully saturated rings. The first-order valence-electron chi connectivity index (χ1n) is 2.88. The topological polar surface area (TPSA) is 162 Å². The molecule has 0 aliphatic rings. The van der Waals surface area contributed by atoms with E-state index >= 15 is 0 Å². The van der Waals surface area contributed by atoms with Gasteiger partial charge in [-0.3, -0.25) is 0 Å². The summed E-state index contributed by atoms with van der Waals surface area (Å²) in [5, 5.41) is 16.0. The molecule has 1 heterocycles.